The predicted molar refractivity (Wildman–Crippen MR) is 50.3 cm³/mol. The summed E-state index contributed by atoms with van der Waals surface area (Å²) in [5, 5.41) is 11.3. The summed E-state index contributed by atoms with van der Waals surface area (Å²) in [4.78, 5) is 14.6. The van der Waals surface area contributed by atoms with Crippen LogP contribution in [-0.4, -0.2) is 16.1 Å². The van der Waals surface area contributed by atoms with E-state index in [1.165, 1.54) is 11.3 Å². The molecule has 1 heterocycles. The first kappa shape index (κ1) is 9.67. The van der Waals surface area contributed by atoms with Gasteiger partial charge >= 0.3 is 5.97 Å². The normalized spacial score (nSPS) is 12.8. The van der Waals surface area contributed by atoms with Gasteiger partial charge in [0.05, 0.1) is 10.9 Å². The van der Waals surface area contributed by atoms with E-state index in [1.807, 2.05) is 5.38 Å². The number of nitrogens with zero attached hydrogens (tertiary/aromatic N) is 1. The average molecular weight is 250 g/mol. The van der Waals surface area contributed by atoms with Gasteiger partial charge in [-0.25, -0.2) is 4.98 Å². The highest BCUT2D eigenvalue weighted by atomic mass is 79.9. The fraction of sp³-hybridized carbons (Fsp3) is 0.429. The van der Waals surface area contributed by atoms with Crippen LogP contribution in [-0.2, 0) is 11.2 Å². The van der Waals surface area contributed by atoms with Gasteiger partial charge in [0.15, 0.2) is 0 Å². The largest absolute Gasteiger partial charge is 0.481 e. The molecule has 0 radical (unpaired) electrons. The summed E-state index contributed by atoms with van der Waals surface area (Å²) in [5.41, 5.74) is 0. The van der Waals surface area contributed by atoms with Crippen LogP contribution >= 0.6 is 27.3 Å². The van der Waals surface area contributed by atoms with Crippen LogP contribution in [0.25, 0.3) is 0 Å². The molecule has 0 aromatic carbocycles. The second kappa shape index (κ2) is 4.00. The maximum atomic E-state index is 10.5. The molecule has 0 aliphatic rings. The van der Waals surface area contributed by atoms with E-state index < -0.39 is 5.97 Å². The lowest BCUT2D eigenvalue weighted by Gasteiger charge is -2.00. The van der Waals surface area contributed by atoms with Gasteiger partial charge in [-0.05, 0) is 15.9 Å². The highest BCUT2D eigenvalue weighted by Crippen LogP contribution is 2.17. The molecule has 1 unspecified atom stereocenters. The fourth-order valence-corrected chi connectivity index (χ4v) is 2.13. The number of halogens is 1. The Labute approximate surface area is 82.6 Å². The summed E-state index contributed by atoms with van der Waals surface area (Å²) in [6.07, 6.45) is 0.506. The highest BCUT2D eigenvalue weighted by molar-refractivity contribution is 9.10. The van der Waals surface area contributed by atoms with Crippen molar-refractivity contribution >= 4 is 33.2 Å². The standard InChI is InChI=1S/C7H8BrNO2S/c1-4(7(10)11)2-6-9-5(8)3-12-6/h3-4H,2H2,1H3,(H,10,11). The van der Waals surface area contributed by atoms with Gasteiger partial charge in [-0.15, -0.1) is 11.3 Å². The second-order valence-corrected chi connectivity index (χ2v) is 4.26. The number of carboxylic acids is 1. The number of rotatable bonds is 3. The van der Waals surface area contributed by atoms with Crippen molar-refractivity contribution in [1.29, 1.82) is 0 Å². The van der Waals surface area contributed by atoms with E-state index in [0.29, 0.717) is 6.42 Å². The monoisotopic (exact) mass is 249 g/mol. The Hall–Kier alpha value is -0.420. The summed E-state index contributed by atoms with van der Waals surface area (Å²) < 4.78 is 0.778. The number of aliphatic carboxylic acids is 1. The number of aromatic nitrogens is 1. The Bertz CT molecular complexity index is 287. The maximum absolute atomic E-state index is 10.5. The molecule has 0 fully saturated rings. The summed E-state index contributed by atoms with van der Waals surface area (Å²) >= 11 is 4.68. The van der Waals surface area contributed by atoms with Crippen molar-refractivity contribution in [2.75, 3.05) is 0 Å². The molecule has 12 heavy (non-hydrogen) atoms. The minimum absolute atomic E-state index is 0.358. The van der Waals surface area contributed by atoms with Crippen LogP contribution in [0.15, 0.2) is 9.98 Å². The minimum atomic E-state index is -0.777. The number of thiazole rings is 1. The summed E-state index contributed by atoms with van der Waals surface area (Å²) in [6, 6.07) is 0. The number of carboxylic acid groups (broad SMARTS) is 1. The van der Waals surface area contributed by atoms with Gasteiger partial charge in [0, 0.05) is 11.8 Å². The SMILES string of the molecule is CC(Cc1nc(Br)cs1)C(=O)O. The lowest BCUT2D eigenvalue weighted by atomic mass is 10.1. The first-order chi connectivity index (χ1) is 5.59. The molecular formula is C7H8BrNO2S. The predicted octanol–water partition coefficient (Wildman–Crippen LogP) is 2.17. The Morgan fingerprint density at radius 3 is 3.00 bits per heavy atom. The molecule has 0 amide bonds. The lowest BCUT2D eigenvalue weighted by Crippen LogP contribution is -2.11. The number of carbonyl (C=O) groups is 1. The van der Waals surface area contributed by atoms with Gasteiger partial charge < -0.3 is 5.11 Å². The Kier molecular flexibility index (Phi) is 3.22. The van der Waals surface area contributed by atoms with E-state index in [9.17, 15) is 4.79 Å². The molecule has 66 valence electrons. The molecule has 0 saturated carbocycles. The molecule has 1 atom stereocenters. The Morgan fingerprint density at radius 1 is 1.92 bits per heavy atom. The van der Waals surface area contributed by atoms with Gasteiger partial charge in [0.25, 0.3) is 0 Å². The van der Waals surface area contributed by atoms with Crippen LogP contribution in [0.5, 0.6) is 0 Å². The number of hydrogen-bond donors (Lipinski definition) is 1. The molecule has 0 spiro atoms. The van der Waals surface area contributed by atoms with E-state index >= 15 is 0 Å². The van der Waals surface area contributed by atoms with E-state index in [2.05, 4.69) is 20.9 Å². The van der Waals surface area contributed by atoms with Crippen LogP contribution < -0.4 is 0 Å². The van der Waals surface area contributed by atoms with Crippen molar-refractivity contribution in [3.05, 3.63) is 15.0 Å². The second-order valence-electron chi connectivity index (χ2n) is 2.51. The molecule has 1 N–H and O–H groups in total. The quantitative estimate of drug-likeness (QED) is 0.894. The average Bonchev–Trinajstić information content (AvgIpc) is 2.35. The van der Waals surface area contributed by atoms with E-state index in [-0.39, 0.29) is 5.92 Å². The third kappa shape index (κ3) is 2.57. The van der Waals surface area contributed by atoms with Gasteiger partial charge in [-0.3, -0.25) is 4.79 Å². The molecule has 3 nitrogen and oxygen atoms in total. The van der Waals surface area contributed by atoms with Gasteiger partial charge in [0.2, 0.25) is 0 Å². The molecule has 1 rings (SSSR count). The zero-order valence-electron chi connectivity index (χ0n) is 6.45. The molecule has 1 aromatic rings. The third-order valence-electron chi connectivity index (χ3n) is 1.43. The molecule has 0 bridgehead atoms. The zero-order valence-corrected chi connectivity index (χ0v) is 8.85. The molecule has 1 aromatic heterocycles. The third-order valence-corrected chi connectivity index (χ3v) is 3.01. The molecule has 0 saturated heterocycles. The maximum Gasteiger partial charge on any atom is 0.306 e. The highest BCUT2D eigenvalue weighted by Gasteiger charge is 2.13. The van der Waals surface area contributed by atoms with Crippen molar-refractivity contribution in [3.63, 3.8) is 0 Å². The van der Waals surface area contributed by atoms with Gasteiger partial charge in [-0.2, -0.15) is 0 Å². The van der Waals surface area contributed by atoms with Crippen LogP contribution in [0, 0.1) is 5.92 Å². The van der Waals surface area contributed by atoms with Gasteiger partial charge in [0.1, 0.15) is 4.60 Å². The van der Waals surface area contributed by atoms with Crippen molar-refractivity contribution in [2.24, 2.45) is 5.92 Å². The van der Waals surface area contributed by atoms with Crippen molar-refractivity contribution in [1.82, 2.24) is 4.98 Å². The van der Waals surface area contributed by atoms with Crippen molar-refractivity contribution < 1.29 is 9.90 Å². The van der Waals surface area contributed by atoms with Gasteiger partial charge in [-0.1, -0.05) is 6.92 Å². The van der Waals surface area contributed by atoms with E-state index in [0.717, 1.165) is 9.61 Å². The Balaban J connectivity index is 2.58. The fourth-order valence-electron chi connectivity index (χ4n) is 0.731. The van der Waals surface area contributed by atoms with Crippen LogP contribution in [0.4, 0.5) is 0 Å². The van der Waals surface area contributed by atoms with E-state index in [1.54, 1.807) is 6.92 Å². The van der Waals surface area contributed by atoms with Crippen molar-refractivity contribution in [3.8, 4) is 0 Å². The molecule has 5 heteroatoms. The van der Waals surface area contributed by atoms with Crippen molar-refractivity contribution in [2.45, 2.75) is 13.3 Å². The minimum Gasteiger partial charge on any atom is -0.481 e. The molecule has 0 aliphatic heterocycles. The van der Waals surface area contributed by atoms with Crippen LogP contribution in [0.3, 0.4) is 0 Å². The first-order valence-corrected chi connectivity index (χ1v) is 5.09. The first-order valence-electron chi connectivity index (χ1n) is 3.42. The van der Waals surface area contributed by atoms with E-state index in [4.69, 9.17) is 5.11 Å². The molecular weight excluding hydrogens is 242 g/mol. The van der Waals surface area contributed by atoms with Crippen LogP contribution in [0.2, 0.25) is 0 Å². The molecule has 0 aliphatic carbocycles. The lowest BCUT2D eigenvalue weighted by molar-refractivity contribution is -0.141. The zero-order chi connectivity index (χ0) is 9.14. The summed E-state index contributed by atoms with van der Waals surface area (Å²) in [6.45, 7) is 1.68. The number of hydrogen-bond acceptors (Lipinski definition) is 3. The smallest absolute Gasteiger partial charge is 0.306 e. The summed E-state index contributed by atoms with van der Waals surface area (Å²) in [5.74, 6) is -1.13. The topological polar surface area (TPSA) is 50.2 Å². The Morgan fingerprint density at radius 2 is 2.58 bits per heavy atom. The van der Waals surface area contributed by atoms with Crippen LogP contribution in [0.1, 0.15) is 11.9 Å². The summed E-state index contributed by atoms with van der Waals surface area (Å²) in [7, 11) is 0.